The second-order valence-corrected chi connectivity index (χ2v) is 4.98. The van der Waals surface area contributed by atoms with E-state index in [0.29, 0.717) is 12.5 Å². The Morgan fingerprint density at radius 3 is 2.88 bits per heavy atom. The van der Waals surface area contributed by atoms with Crippen LogP contribution in [0.2, 0.25) is 0 Å². The van der Waals surface area contributed by atoms with Gasteiger partial charge in [-0.2, -0.15) is 0 Å². The van der Waals surface area contributed by atoms with Gasteiger partial charge in [0.05, 0.1) is 6.04 Å². The molecule has 0 aromatic carbocycles. The number of likely N-dealkylation sites (tertiary alicyclic amines) is 1. The zero-order valence-electron chi connectivity index (χ0n) is 11.1. The molecule has 1 saturated heterocycles. The summed E-state index contributed by atoms with van der Waals surface area (Å²) in [6, 6.07) is 0.151. The maximum absolute atomic E-state index is 10.8. The summed E-state index contributed by atoms with van der Waals surface area (Å²) in [7, 11) is 2.08. The van der Waals surface area contributed by atoms with Gasteiger partial charge in [0.25, 0.3) is 0 Å². The van der Waals surface area contributed by atoms with Crippen LogP contribution < -0.4 is 11.5 Å². The Morgan fingerprint density at radius 1 is 1.59 bits per heavy atom. The van der Waals surface area contributed by atoms with Crippen LogP contribution >= 0.6 is 0 Å². The summed E-state index contributed by atoms with van der Waals surface area (Å²) >= 11 is 0. The molecule has 2 atom stereocenters. The fraction of sp³-hybridized carbons (Fsp3) is 0.917. The maximum Gasteiger partial charge on any atom is 0.234 e. The van der Waals surface area contributed by atoms with Crippen LogP contribution in [0.4, 0.5) is 0 Å². The number of rotatable bonds is 7. The van der Waals surface area contributed by atoms with E-state index < -0.39 is 11.9 Å². The molecule has 2 unspecified atom stereocenters. The summed E-state index contributed by atoms with van der Waals surface area (Å²) in [6.45, 7) is 6.44. The predicted octanol–water partition coefficient (Wildman–Crippen LogP) is -0.395. The van der Waals surface area contributed by atoms with Gasteiger partial charge in [0.2, 0.25) is 5.91 Å². The smallest absolute Gasteiger partial charge is 0.234 e. The first-order valence-corrected chi connectivity index (χ1v) is 6.52. The Hall–Kier alpha value is -0.650. The summed E-state index contributed by atoms with van der Waals surface area (Å²) in [6.07, 6.45) is 3.22. The molecule has 1 heterocycles. The lowest BCUT2D eigenvalue weighted by molar-refractivity contribution is -0.119. The zero-order chi connectivity index (χ0) is 12.8. The topological polar surface area (TPSA) is 75.6 Å². The van der Waals surface area contributed by atoms with Crippen molar-refractivity contribution >= 4 is 5.91 Å². The SMILES string of the molecule is CCN1CCCC1CN(C)CCC(N)C(N)=O. The number of hydrogen-bond acceptors (Lipinski definition) is 4. The third kappa shape index (κ3) is 4.61. The van der Waals surface area contributed by atoms with Gasteiger partial charge in [0.1, 0.15) is 0 Å². The fourth-order valence-electron chi connectivity index (χ4n) is 2.47. The molecule has 0 radical (unpaired) electrons. The van der Waals surface area contributed by atoms with E-state index in [4.69, 9.17) is 11.5 Å². The molecule has 5 heteroatoms. The maximum atomic E-state index is 10.8. The number of nitrogens with two attached hydrogens (primary N) is 2. The molecule has 1 amide bonds. The van der Waals surface area contributed by atoms with E-state index in [2.05, 4.69) is 23.8 Å². The molecule has 1 aliphatic rings. The number of carbonyl (C=O) groups excluding carboxylic acids is 1. The molecule has 1 rings (SSSR count). The summed E-state index contributed by atoms with van der Waals surface area (Å²) in [5, 5.41) is 0. The molecule has 17 heavy (non-hydrogen) atoms. The van der Waals surface area contributed by atoms with Crippen LogP contribution in [0.15, 0.2) is 0 Å². The lowest BCUT2D eigenvalue weighted by Gasteiger charge is -2.28. The Labute approximate surface area is 104 Å². The highest BCUT2D eigenvalue weighted by Gasteiger charge is 2.24. The van der Waals surface area contributed by atoms with Crippen molar-refractivity contribution in [1.29, 1.82) is 0 Å². The molecule has 4 N–H and O–H groups in total. The monoisotopic (exact) mass is 242 g/mol. The van der Waals surface area contributed by atoms with Crippen molar-refractivity contribution < 1.29 is 4.79 Å². The van der Waals surface area contributed by atoms with Crippen LogP contribution in [0.1, 0.15) is 26.2 Å². The summed E-state index contributed by atoms with van der Waals surface area (Å²) in [4.78, 5) is 15.6. The van der Waals surface area contributed by atoms with E-state index in [1.807, 2.05) is 0 Å². The van der Waals surface area contributed by atoms with Crippen LogP contribution in [0.3, 0.4) is 0 Å². The van der Waals surface area contributed by atoms with Gasteiger partial charge < -0.3 is 16.4 Å². The van der Waals surface area contributed by atoms with Crippen LogP contribution in [-0.4, -0.2) is 61.0 Å². The highest BCUT2D eigenvalue weighted by Crippen LogP contribution is 2.17. The Bertz CT molecular complexity index is 247. The van der Waals surface area contributed by atoms with Crippen LogP contribution in [0.25, 0.3) is 0 Å². The van der Waals surface area contributed by atoms with Gasteiger partial charge in [-0.3, -0.25) is 9.69 Å². The molecule has 1 aliphatic heterocycles. The minimum Gasteiger partial charge on any atom is -0.368 e. The third-order valence-electron chi connectivity index (χ3n) is 3.61. The van der Waals surface area contributed by atoms with Gasteiger partial charge in [0, 0.05) is 12.6 Å². The van der Waals surface area contributed by atoms with Gasteiger partial charge in [-0.25, -0.2) is 0 Å². The molecule has 100 valence electrons. The number of carbonyl (C=O) groups is 1. The van der Waals surface area contributed by atoms with Crippen molar-refractivity contribution in [3.05, 3.63) is 0 Å². The Balaban J connectivity index is 2.24. The van der Waals surface area contributed by atoms with E-state index in [1.165, 1.54) is 19.4 Å². The van der Waals surface area contributed by atoms with E-state index in [1.54, 1.807) is 0 Å². The lowest BCUT2D eigenvalue weighted by Crippen LogP contribution is -2.42. The molecule has 0 bridgehead atoms. The highest BCUT2D eigenvalue weighted by atomic mass is 16.1. The van der Waals surface area contributed by atoms with Gasteiger partial charge >= 0.3 is 0 Å². The van der Waals surface area contributed by atoms with Crippen LogP contribution in [-0.2, 0) is 4.79 Å². The minimum absolute atomic E-state index is 0.408. The van der Waals surface area contributed by atoms with E-state index in [9.17, 15) is 4.79 Å². The minimum atomic E-state index is -0.511. The first kappa shape index (κ1) is 14.4. The van der Waals surface area contributed by atoms with E-state index in [0.717, 1.165) is 19.6 Å². The molecule has 0 aliphatic carbocycles. The summed E-state index contributed by atoms with van der Waals surface area (Å²) in [5.74, 6) is -0.408. The van der Waals surface area contributed by atoms with Gasteiger partial charge in [-0.15, -0.1) is 0 Å². The Kier molecular flexibility index (Phi) is 5.88. The van der Waals surface area contributed by atoms with Gasteiger partial charge in [-0.05, 0) is 45.9 Å². The summed E-state index contributed by atoms with van der Waals surface area (Å²) < 4.78 is 0. The molecule has 0 saturated carbocycles. The van der Waals surface area contributed by atoms with Gasteiger partial charge in [0.15, 0.2) is 0 Å². The average molecular weight is 242 g/mol. The predicted molar refractivity (Wildman–Crippen MR) is 69.6 cm³/mol. The van der Waals surface area contributed by atoms with Crippen molar-refractivity contribution in [2.75, 3.05) is 33.2 Å². The standard InChI is InChI=1S/C12H26N4O/c1-3-16-7-4-5-10(16)9-15(2)8-6-11(13)12(14)17/h10-11H,3-9,13H2,1-2H3,(H2,14,17). The quantitative estimate of drug-likeness (QED) is 0.637. The fourth-order valence-corrected chi connectivity index (χ4v) is 2.47. The second-order valence-electron chi connectivity index (χ2n) is 4.98. The number of nitrogens with zero attached hydrogens (tertiary/aromatic N) is 2. The number of hydrogen-bond donors (Lipinski definition) is 2. The van der Waals surface area contributed by atoms with Crippen molar-refractivity contribution in [2.45, 2.75) is 38.3 Å². The molecule has 0 spiro atoms. The summed E-state index contributed by atoms with van der Waals surface area (Å²) in [5.41, 5.74) is 10.8. The van der Waals surface area contributed by atoms with Crippen molar-refractivity contribution in [2.24, 2.45) is 11.5 Å². The first-order valence-electron chi connectivity index (χ1n) is 6.52. The number of primary amides is 1. The van der Waals surface area contributed by atoms with Crippen LogP contribution in [0, 0.1) is 0 Å². The molecule has 5 nitrogen and oxygen atoms in total. The molecule has 1 fully saturated rings. The normalized spacial score (nSPS) is 23.2. The molecular formula is C12H26N4O. The second kappa shape index (κ2) is 6.93. The Morgan fingerprint density at radius 2 is 2.29 bits per heavy atom. The number of likely N-dealkylation sites (N-methyl/N-ethyl adjacent to an activating group) is 2. The van der Waals surface area contributed by atoms with Gasteiger partial charge in [-0.1, -0.05) is 6.92 Å². The largest absolute Gasteiger partial charge is 0.368 e. The number of amides is 1. The average Bonchev–Trinajstić information content (AvgIpc) is 2.72. The molecule has 0 aromatic heterocycles. The zero-order valence-corrected chi connectivity index (χ0v) is 11.1. The molecular weight excluding hydrogens is 216 g/mol. The first-order chi connectivity index (χ1) is 8.04. The highest BCUT2D eigenvalue weighted by molar-refractivity contribution is 5.79. The molecule has 0 aromatic rings. The van der Waals surface area contributed by atoms with Crippen molar-refractivity contribution in [3.8, 4) is 0 Å². The third-order valence-corrected chi connectivity index (χ3v) is 3.61. The van der Waals surface area contributed by atoms with E-state index >= 15 is 0 Å². The van der Waals surface area contributed by atoms with E-state index in [-0.39, 0.29) is 0 Å². The lowest BCUT2D eigenvalue weighted by atomic mass is 10.1. The van der Waals surface area contributed by atoms with Crippen LogP contribution in [0.5, 0.6) is 0 Å². The van der Waals surface area contributed by atoms with Crippen molar-refractivity contribution in [1.82, 2.24) is 9.80 Å². The van der Waals surface area contributed by atoms with Crippen molar-refractivity contribution in [3.63, 3.8) is 0 Å².